The van der Waals surface area contributed by atoms with Gasteiger partial charge in [0.15, 0.2) is 0 Å². The molecule has 1 N–H and O–H groups in total. The van der Waals surface area contributed by atoms with Crippen LogP contribution in [-0.4, -0.2) is 43.0 Å². The Morgan fingerprint density at radius 1 is 1.10 bits per heavy atom. The van der Waals surface area contributed by atoms with Crippen molar-refractivity contribution in [1.29, 1.82) is 0 Å². The number of hydrogen-bond acceptors (Lipinski definition) is 4. The van der Waals surface area contributed by atoms with Gasteiger partial charge in [0.25, 0.3) is 5.91 Å². The molecule has 0 aliphatic carbocycles. The van der Waals surface area contributed by atoms with Crippen molar-refractivity contribution in [3.05, 3.63) is 77.0 Å². The lowest BCUT2D eigenvalue weighted by Crippen LogP contribution is -2.45. The summed E-state index contributed by atoms with van der Waals surface area (Å²) in [6, 6.07) is 15.5. The number of amides is 3. The van der Waals surface area contributed by atoms with Crippen LogP contribution in [0.2, 0.25) is 0 Å². The Morgan fingerprint density at radius 3 is 2.48 bits per heavy atom. The molecule has 2 heterocycles. The smallest absolute Gasteiger partial charge is 0.338 e. The zero-order valence-corrected chi connectivity index (χ0v) is 17.6. The zero-order valence-electron chi connectivity index (χ0n) is 17.6. The summed E-state index contributed by atoms with van der Waals surface area (Å²) in [6.45, 7) is 2.72. The second-order valence-electron chi connectivity index (χ2n) is 7.64. The first-order chi connectivity index (χ1) is 15.0. The average molecular weight is 419 g/mol. The number of ether oxygens (including phenoxy) is 1. The molecule has 2 aliphatic rings. The number of urea groups is 1. The van der Waals surface area contributed by atoms with Gasteiger partial charge in [-0.25, -0.2) is 9.59 Å². The first kappa shape index (κ1) is 20.7. The van der Waals surface area contributed by atoms with Crippen LogP contribution in [0.5, 0.6) is 0 Å². The number of likely N-dealkylation sites (N-methyl/N-ethyl adjacent to an activating group) is 1. The van der Waals surface area contributed by atoms with Crippen molar-refractivity contribution in [3.63, 3.8) is 0 Å². The van der Waals surface area contributed by atoms with Gasteiger partial charge in [0.05, 0.1) is 36.0 Å². The van der Waals surface area contributed by atoms with Crippen molar-refractivity contribution in [1.82, 2.24) is 10.2 Å². The molecular weight excluding hydrogens is 394 g/mol. The van der Waals surface area contributed by atoms with E-state index in [4.69, 9.17) is 4.74 Å². The van der Waals surface area contributed by atoms with Gasteiger partial charge in [-0.15, -0.1) is 0 Å². The third-order valence-corrected chi connectivity index (χ3v) is 5.64. The van der Waals surface area contributed by atoms with Gasteiger partial charge in [-0.2, -0.15) is 0 Å². The normalized spacial score (nSPS) is 18.2. The molecular formula is C24H25N3O4. The van der Waals surface area contributed by atoms with Gasteiger partial charge >= 0.3 is 12.0 Å². The molecule has 0 saturated carbocycles. The molecule has 0 fully saturated rings. The molecule has 0 spiro atoms. The second-order valence-corrected chi connectivity index (χ2v) is 7.64. The monoisotopic (exact) mass is 419 g/mol. The van der Waals surface area contributed by atoms with E-state index in [-0.39, 0.29) is 17.9 Å². The summed E-state index contributed by atoms with van der Waals surface area (Å²) in [5.41, 5.74) is 3.22. The summed E-state index contributed by atoms with van der Waals surface area (Å²) >= 11 is 0. The van der Waals surface area contributed by atoms with Gasteiger partial charge < -0.3 is 15.0 Å². The number of carbonyl (C=O) groups is 3. The van der Waals surface area contributed by atoms with Crippen molar-refractivity contribution < 1.29 is 19.1 Å². The standard InChI is InChI=1S/C24H25N3O4/c1-3-4-14-31-23(29)17-10-12-18(13-11-17)27-15-19-20(22(27)28)21(25-24(30)26(19)2)16-8-6-5-7-9-16/h5-13,21H,3-4,14-15H2,1-2H3,(H,25,30). The molecule has 1 atom stereocenters. The van der Waals surface area contributed by atoms with E-state index in [0.29, 0.717) is 35.7 Å². The van der Waals surface area contributed by atoms with Crippen LogP contribution in [0.15, 0.2) is 65.9 Å². The summed E-state index contributed by atoms with van der Waals surface area (Å²) in [6.07, 6.45) is 1.78. The number of esters is 1. The van der Waals surface area contributed by atoms with Crippen molar-refractivity contribution in [2.45, 2.75) is 25.8 Å². The average Bonchev–Trinajstić information content (AvgIpc) is 3.14. The molecule has 1 unspecified atom stereocenters. The Hall–Kier alpha value is -3.61. The molecule has 7 heteroatoms. The van der Waals surface area contributed by atoms with Crippen LogP contribution in [0.1, 0.15) is 41.7 Å². The molecule has 0 aromatic heterocycles. The highest BCUT2D eigenvalue weighted by molar-refractivity contribution is 6.11. The van der Waals surface area contributed by atoms with Gasteiger partial charge in [-0.05, 0) is 36.2 Å². The highest BCUT2D eigenvalue weighted by atomic mass is 16.5. The molecule has 160 valence electrons. The summed E-state index contributed by atoms with van der Waals surface area (Å²) in [4.78, 5) is 41.1. The summed E-state index contributed by atoms with van der Waals surface area (Å²) in [5.74, 6) is -0.530. The van der Waals surface area contributed by atoms with Crippen LogP contribution < -0.4 is 10.2 Å². The first-order valence-electron chi connectivity index (χ1n) is 10.4. The van der Waals surface area contributed by atoms with Crippen LogP contribution in [0.3, 0.4) is 0 Å². The zero-order chi connectivity index (χ0) is 22.0. The molecule has 2 aromatic carbocycles. The van der Waals surface area contributed by atoms with E-state index in [1.165, 1.54) is 4.90 Å². The Morgan fingerprint density at radius 2 is 1.81 bits per heavy atom. The van der Waals surface area contributed by atoms with Crippen molar-refractivity contribution >= 4 is 23.6 Å². The highest BCUT2D eigenvalue weighted by Gasteiger charge is 2.43. The number of nitrogens with zero attached hydrogens (tertiary/aromatic N) is 2. The lowest BCUT2D eigenvalue weighted by Gasteiger charge is -2.31. The number of benzene rings is 2. The fraction of sp³-hybridized carbons (Fsp3) is 0.292. The van der Waals surface area contributed by atoms with Crippen LogP contribution >= 0.6 is 0 Å². The summed E-state index contributed by atoms with van der Waals surface area (Å²) < 4.78 is 5.24. The maximum absolute atomic E-state index is 13.4. The molecule has 31 heavy (non-hydrogen) atoms. The van der Waals surface area contributed by atoms with Gasteiger partial charge in [-0.1, -0.05) is 43.7 Å². The quantitative estimate of drug-likeness (QED) is 0.573. The topological polar surface area (TPSA) is 79.0 Å². The minimum atomic E-state index is -0.495. The number of carbonyl (C=O) groups excluding carboxylic acids is 3. The van der Waals surface area contributed by atoms with E-state index < -0.39 is 6.04 Å². The van der Waals surface area contributed by atoms with Crippen LogP contribution in [0.4, 0.5) is 10.5 Å². The molecule has 0 bridgehead atoms. The summed E-state index contributed by atoms with van der Waals surface area (Å²) in [5, 5.41) is 2.93. The van der Waals surface area contributed by atoms with E-state index in [2.05, 4.69) is 5.32 Å². The van der Waals surface area contributed by atoms with E-state index >= 15 is 0 Å². The highest BCUT2D eigenvalue weighted by Crippen LogP contribution is 2.37. The maximum atomic E-state index is 13.4. The third-order valence-electron chi connectivity index (χ3n) is 5.64. The minimum Gasteiger partial charge on any atom is -0.462 e. The molecule has 7 nitrogen and oxygen atoms in total. The van der Waals surface area contributed by atoms with E-state index in [9.17, 15) is 14.4 Å². The van der Waals surface area contributed by atoms with Crippen molar-refractivity contribution in [2.24, 2.45) is 0 Å². The Labute approximate surface area is 181 Å². The number of hydrogen-bond donors (Lipinski definition) is 1. The molecule has 3 amide bonds. The van der Waals surface area contributed by atoms with Gasteiger partial charge in [0.1, 0.15) is 0 Å². The molecule has 4 rings (SSSR count). The summed E-state index contributed by atoms with van der Waals surface area (Å²) in [7, 11) is 1.66. The molecule has 0 radical (unpaired) electrons. The molecule has 2 aliphatic heterocycles. The van der Waals surface area contributed by atoms with Gasteiger partial charge in [0, 0.05) is 12.7 Å². The third kappa shape index (κ3) is 3.91. The second kappa shape index (κ2) is 8.63. The van der Waals surface area contributed by atoms with Crippen LogP contribution in [0.25, 0.3) is 0 Å². The van der Waals surface area contributed by atoms with Crippen LogP contribution in [0, 0.1) is 0 Å². The van der Waals surface area contributed by atoms with Crippen LogP contribution in [-0.2, 0) is 9.53 Å². The van der Waals surface area contributed by atoms with Gasteiger partial charge in [0.2, 0.25) is 0 Å². The lowest BCUT2D eigenvalue weighted by atomic mass is 9.96. The number of nitrogens with one attached hydrogen (secondary N) is 1. The molecule has 2 aromatic rings. The van der Waals surface area contributed by atoms with E-state index in [1.807, 2.05) is 37.3 Å². The Balaban J connectivity index is 1.57. The fourth-order valence-corrected chi connectivity index (χ4v) is 3.84. The predicted molar refractivity (Wildman–Crippen MR) is 116 cm³/mol. The van der Waals surface area contributed by atoms with E-state index in [0.717, 1.165) is 18.4 Å². The first-order valence-corrected chi connectivity index (χ1v) is 10.4. The Kier molecular flexibility index (Phi) is 5.75. The lowest BCUT2D eigenvalue weighted by molar-refractivity contribution is -0.114. The molecule has 0 saturated heterocycles. The number of rotatable bonds is 6. The maximum Gasteiger partial charge on any atom is 0.338 e. The predicted octanol–water partition coefficient (Wildman–Crippen LogP) is 3.64. The van der Waals surface area contributed by atoms with Crippen molar-refractivity contribution in [2.75, 3.05) is 25.1 Å². The van der Waals surface area contributed by atoms with Gasteiger partial charge in [-0.3, -0.25) is 9.69 Å². The van der Waals surface area contributed by atoms with Crippen molar-refractivity contribution in [3.8, 4) is 0 Å². The Bertz CT molecular complexity index is 1030. The fourth-order valence-electron chi connectivity index (χ4n) is 3.84. The number of unbranched alkanes of at least 4 members (excludes halogenated alkanes) is 1. The minimum absolute atomic E-state index is 0.158. The largest absolute Gasteiger partial charge is 0.462 e. The number of anilines is 1. The SMILES string of the molecule is CCCCOC(=O)c1ccc(N2CC3=C(C2=O)C(c2ccccc2)NC(=O)N3C)cc1. The van der Waals surface area contributed by atoms with E-state index in [1.54, 1.807) is 36.2 Å².